The second-order valence-corrected chi connectivity index (χ2v) is 0.204. The smallest absolute Gasteiger partial charge is 0.335 e. The first-order valence-corrected chi connectivity index (χ1v) is 1.00. The van der Waals surface area contributed by atoms with Gasteiger partial charge in [-0.15, -0.1) is 0 Å². The van der Waals surface area contributed by atoms with Gasteiger partial charge in [-0.3, -0.25) is 0 Å². The molecular weight excluding hydrogens is 246 g/mol. The third-order valence-electron chi connectivity index (χ3n) is 0. The van der Waals surface area contributed by atoms with Crippen LogP contribution in [0.15, 0.2) is 0 Å². The summed E-state index contributed by atoms with van der Waals surface area (Å²) in [4.78, 5) is 0. The summed E-state index contributed by atoms with van der Waals surface area (Å²) >= 11 is -0.750. The standard InChI is InChI=1S/O2S.5O.2V/c1-3-2;;;;;;;/q;5*-2;;. The van der Waals surface area contributed by atoms with Gasteiger partial charge in [0.05, 0.1) is 0 Å². The van der Waals surface area contributed by atoms with E-state index in [1.54, 1.807) is 0 Å². The van der Waals surface area contributed by atoms with Gasteiger partial charge in [-0.2, -0.15) is 8.42 Å². The van der Waals surface area contributed by atoms with E-state index in [2.05, 4.69) is 0 Å². The number of hydrogen-bond acceptors (Lipinski definition) is 2. The van der Waals surface area contributed by atoms with Crippen molar-refractivity contribution < 1.29 is 72.9 Å². The minimum Gasteiger partial charge on any atom is -2.00 e. The van der Waals surface area contributed by atoms with Crippen molar-refractivity contribution in [3.05, 3.63) is 0 Å². The summed E-state index contributed by atoms with van der Waals surface area (Å²) in [5.41, 5.74) is 0. The molecule has 0 N–H and O–H groups in total. The third-order valence-corrected chi connectivity index (χ3v) is 0. The van der Waals surface area contributed by atoms with Crippen LogP contribution in [-0.2, 0) is 76.1 Å². The second-order valence-electron chi connectivity index (χ2n) is 0.0680. The average molecular weight is 246 g/mol. The zero-order chi connectivity index (χ0) is 2.71. The third kappa shape index (κ3) is 857. The molecule has 0 aromatic heterocycles. The van der Waals surface area contributed by atoms with E-state index in [1.165, 1.54) is 0 Å². The van der Waals surface area contributed by atoms with E-state index in [1.807, 2.05) is 0 Å². The largest absolute Gasteiger partial charge is 2.00 e. The molecule has 0 spiro atoms. The molecule has 10 heteroatoms. The van der Waals surface area contributed by atoms with Crippen molar-refractivity contribution in [3.63, 3.8) is 0 Å². The van der Waals surface area contributed by atoms with Gasteiger partial charge in [-0.05, 0) is 0 Å². The van der Waals surface area contributed by atoms with Crippen molar-refractivity contribution in [3.8, 4) is 0 Å². The SMILES string of the molecule is O=S=O.[O-2].[O-2].[O-2].[O-2].[O-2].[V].[V]. The molecule has 0 aromatic carbocycles. The molecule has 0 aliphatic rings. The van der Waals surface area contributed by atoms with E-state index >= 15 is 0 Å². The quantitative estimate of drug-likeness (QED) is 0.517. The van der Waals surface area contributed by atoms with Crippen LogP contribution in [-0.4, -0.2) is 8.42 Å². The molecule has 68 valence electrons. The van der Waals surface area contributed by atoms with E-state index in [4.69, 9.17) is 8.42 Å². The first-order valence-electron chi connectivity index (χ1n) is 0.333. The maximum absolute atomic E-state index is 8.29. The van der Waals surface area contributed by atoms with Gasteiger partial charge in [-0.25, -0.2) is 0 Å². The molecule has 0 rings (SSSR count). The number of hydrogen-bond donors (Lipinski definition) is 0. The predicted molar refractivity (Wildman–Crippen MR) is 12.4 cm³/mol. The Kier molecular flexibility index (Phi) is 3140. The van der Waals surface area contributed by atoms with Gasteiger partial charge in [0.1, 0.15) is 0 Å². The fraction of sp³-hybridized carbons (Fsp3) is 0. The zero-order valence-electron chi connectivity index (χ0n) is 4.16. The summed E-state index contributed by atoms with van der Waals surface area (Å²) in [5.74, 6) is 0. The van der Waals surface area contributed by atoms with Gasteiger partial charge in [0.2, 0.25) is 0 Å². The molecule has 0 unspecified atom stereocenters. The van der Waals surface area contributed by atoms with Crippen LogP contribution in [0.4, 0.5) is 0 Å². The first kappa shape index (κ1) is 133. The van der Waals surface area contributed by atoms with Crippen LogP contribution >= 0.6 is 0 Å². The molecule has 0 saturated heterocycles. The van der Waals surface area contributed by atoms with Crippen molar-refractivity contribution in [2.24, 2.45) is 0 Å². The van der Waals surface area contributed by atoms with Crippen molar-refractivity contribution in [1.82, 2.24) is 0 Å². The Balaban J connectivity index is -0.000000000952. The van der Waals surface area contributed by atoms with Crippen LogP contribution in [0.25, 0.3) is 0 Å². The molecule has 0 amide bonds. The Morgan fingerprint density at radius 2 is 0.600 bits per heavy atom. The molecule has 0 atom stereocenters. The Labute approximate surface area is 84.5 Å². The van der Waals surface area contributed by atoms with Crippen LogP contribution in [0, 0.1) is 0 Å². The van der Waals surface area contributed by atoms with Crippen molar-refractivity contribution in [1.29, 1.82) is 0 Å². The molecule has 0 aliphatic carbocycles. The van der Waals surface area contributed by atoms with Gasteiger partial charge in [0.15, 0.2) is 0 Å². The van der Waals surface area contributed by atoms with Gasteiger partial charge < -0.3 is 27.4 Å². The molecule has 0 aliphatic heterocycles. The summed E-state index contributed by atoms with van der Waals surface area (Å²) < 4.78 is 16.6. The van der Waals surface area contributed by atoms with Crippen LogP contribution < -0.4 is 0 Å². The molecular formula is O7SV2-10. The van der Waals surface area contributed by atoms with Crippen LogP contribution in [0.2, 0.25) is 0 Å². The summed E-state index contributed by atoms with van der Waals surface area (Å²) in [6, 6.07) is 0. The topological polar surface area (TPSA) is 177 Å². The van der Waals surface area contributed by atoms with Crippen molar-refractivity contribution in [2.45, 2.75) is 0 Å². The van der Waals surface area contributed by atoms with E-state index in [-0.39, 0.29) is 64.5 Å². The van der Waals surface area contributed by atoms with Crippen LogP contribution in [0.3, 0.4) is 0 Å². The van der Waals surface area contributed by atoms with Crippen LogP contribution in [0.1, 0.15) is 0 Å². The number of rotatable bonds is 0. The summed E-state index contributed by atoms with van der Waals surface area (Å²) in [7, 11) is 0. The van der Waals surface area contributed by atoms with Crippen molar-refractivity contribution in [2.75, 3.05) is 0 Å². The molecule has 0 heterocycles. The zero-order valence-corrected chi connectivity index (χ0v) is 7.77. The molecule has 2 radical (unpaired) electrons. The molecule has 0 saturated carbocycles. The van der Waals surface area contributed by atoms with E-state index < -0.39 is 11.6 Å². The van der Waals surface area contributed by atoms with Gasteiger partial charge in [-0.1, -0.05) is 0 Å². The fourth-order valence-electron chi connectivity index (χ4n) is 0. The predicted octanol–water partition coefficient (Wildman–Crippen LogP) is -1.27. The summed E-state index contributed by atoms with van der Waals surface area (Å²) in [6.07, 6.45) is 0. The first-order chi connectivity index (χ1) is 1.41. The molecule has 0 aromatic rings. The minimum atomic E-state index is -0.750. The normalized spacial score (nSPS) is 1.20. The van der Waals surface area contributed by atoms with Crippen molar-refractivity contribution >= 4 is 11.6 Å². The summed E-state index contributed by atoms with van der Waals surface area (Å²) in [6.45, 7) is 0. The minimum absolute atomic E-state index is 0. The Morgan fingerprint density at radius 1 is 0.600 bits per heavy atom. The molecule has 7 nitrogen and oxygen atoms in total. The molecule has 10 heavy (non-hydrogen) atoms. The molecule has 0 bridgehead atoms. The van der Waals surface area contributed by atoms with Gasteiger partial charge >= 0.3 is 11.6 Å². The maximum atomic E-state index is 8.29. The second kappa shape index (κ2) is 236. The van der Waals surface area contributed by atoms with Crippen LogP contribution in [0.5, 0.6) is 0 Å². The Bertz CT molecular complexity index is 32.6. The van der Waals surface area contributed by atoms with E-state index in [0.717, 1.165) is 0 Å². The average Bonchev–Trinajstić information content (AvgIpc) is 0.918. The maximum Gasteiger partial charge on any atom is 0.335 e. The molecule has 0 fully saturated rings. The Hall–Kier alpha value is 0.789. The Morgan fingerprint density at radius 3 is 0.600 bits per heavy atom. The van der Waals surface area contributed by atoms with Gasteiger partial charge in [0, 0.05) is 37.1 Å². The van der Waals surface area contributed by atoms with Gasteiger partial charge in [0.25, 0.3) is 0 Å². The fourth-order valence-corrected chi connectivity index (χ4v) is 0. The van der Waals surface area contributed by atoms with E-state index in [0.29, 0.717) is 0 Å². The monoisotopic (exact) mass is 246 g/mol. The summed E-state index contributed by atoms with van der Waals surface area (Å²) in [5, 5.41) is 0. The van der Waals surface area contributed by atoms with E-state index in [9.17, 15) is 0 Å².